The van der Waals surface area contributed by atoms with E-state index in [0.717, 1.165) is 10.6 Å². The van der Waals surface area contributed by atoms with Crippen LogP contribution in [0, 0.1) is 13.8 Å². The van der Waals surface area contributed by atoms with Gasteiger partial charge in [0.25, 0.3) is 5.82 Å². The van der Waals surface area contributed by atoms with E-state index >= 15 is 0 Å². The molecule has 4 nitrogen and oxygen atoms in total. The van der Waals surface area contributed by atoms with Crippen LogP contribution in [-0.4, -0.2) is 10.6 Å². The lowest BCUT2D eigenvalue weighted by Gasteiger charge is -2.09. The van der Waals surface area contributed by atoms with E-state index in [1.165, 1.54) is 13.0 Å². The highest BCUT2D eigenvalue weighted by molar-refractivity contribution is 5.89. The Hall–Kier alpha value is -2.05. The van der Waals surface area contributed by atoms with Gasteiger partial charge >= 0.3 is 12.2 Å². The number of nitrogens with zero attached hydrogens (tertiary/aromatic N) is 2. The number of hydrogen-bond acceptors (Lipinski definition) is 1. The van der Waals surface area contributed by atoms with Gasteiger partial charge in [0.2, 0.25) is 0 Å². The third-order valence-corrected chi connectivity index (χ3v) is 3.48. The molecule has 0 spiro atoms. The van der Waals surface area contributed by atoms with E-state index in [0.29, 0.717) is 17.9 Å². The van der Waals surface area contributed by atoms with Gasteiger partial charge in [-0.3, -0.25) is 0 Å². The molecule has 0 aliphatic rings. The molecule has 0 aliphatic heterocycles. The first-order valence-corrected chi connectivity index (χ1v) is 6.11. The number of primary amides is 1. The number of fused-ring (bicyclic) bond motifs is 1. The highest BCUT2D eigenvalue weighted by atomic mass is 19.4. The van der Waals surface area contributed by atoms with Crippen molar-refractivity contribution in [3.05, 3.63) is 29.1 Å². The molecule has 0 fully saturated rings. The minimum atomic E-state index is -4.46. The van der Waals surface area contributed by atoms with Crippen LogP contribution in [0.5, 0.6) is 0 Å². The number of amides is 1. The summed E-state index contributed by atoms with van der Waals surface area (Å²) in [6, 6.07) is 1.62. The summed E-state index contributed by atoms with van der Waals surface area (Å²) in [6.45, 7) is 5.39. The van der Waals surface area contributed by atoms with Crippen LogP contribution in [0.1, 0.15) is 23.9 Å². The van der Waals surface area contributed by atoms with E-state index in [9.17, 15) is 18.0 Å². The second kappa shape index (κ2) is 4.50. The molecule has 1 aromatic carbocycles. The van der Waals surface area contributed by atoms with Gasteiger partial charge in [-0.2, -0.15) is 13.2 Å². The molecule has 0 radical (unpaired) electrons. The van der Waals surface area contributed by atoms with Crippen molar-refractivity contribution < 1.29 is 22.5 Å². The highest BCUT2D eigenvalue weighted by Gasteiger charge is 2.36. The van der Waals surface area contributed by atoms with Crippen LogP contribution in [0.25, 0.3) is 11.0 Å². The fraction of sp³-hybridized carbons (Fsp3) is 0.385. The predicted molar refractivity (Wildman–Crippen MR) is 67.3 cm³/mol. The molecule has 1 aromatic heterocycles. The molecule has 2 rings (SSSR count). The number of nitrogens with two attached hydrogens (primary N) is 1. The average Bonchev–Trinajstić information content (AvgIpc) is 2.60. The van der Waals surface area contributed by atoms with Gasteiger partial charge in [-0.05, 0) is 26.0 Å². The van der Waals surface area contributed by atoms with Crippen molar-refractivity contribution >= 4 is 17.1 Å². The summed E-state index contributed by atoms with van der Waals surface area (Å²) in [7, 11) is 0. The number of benzene rings is 1. The van der Waals surface area contributed by atoms with E-state index in [1.54, 1.807) is 11.5 Å². The molecule has 1 heterocycles. The zero-order chi connectivity index (χ0) is 15.2. The Morgan fingerprint density at radius 1 is 1.35 bits per heavy atom. The molecular formula is C13H15F3N3O+. The number of imidazole rings is 1. The lowest BCUT2D eigenvalue weighted by Crippen LogP contribution is -2.36. The maximum Gasteiger partial charge on any atom is 0.416 e. The van der Waals surface area contributed by atoms with Crippen molar-refractivity contribution in [3.8, 4) is 0 Å². The van der Waals surface area contributed by atoms with Crippen molar-refractivity contribution in [2.45, 2.75) is 33.5 Å². The molecule has 2 aromatic rings. The number of aryl methyl sites for hydroxylation is 2. The number of carbonyl (C=O) groups excluding carboxylic acids is 1. The van der Waals surface area contributed by atoms with Crippen LogP contribution in [0.4, 0.5) is 18.0 Å². The van der Waals surface area contributed by atoms with Crippen molar-refractivity contribution in [3.63, 3.8) is 0 Å². The second-order valence-electron chi connectivity index (χ2n) is 4.57. The molecule has 0 saturated carbocycles. The number of rotatable bonds is 1. The smallest absolute Gasteiger partial charge is 0.331 e. The van der Waals surface area contributed by atoms with Gasteiger partial charge in [0, 0.05) is 12.5 Å². The van der Waals surface area contributed by atoms with Crippen molar-refractivity contribution in [2.75, 3.05) is 0 Å². The summed E-state index contributed by atoms with van der Waals surface area (Å²) in [5.74, 6) is 0.512. The Labute approximate surface area is 113 Å². The van der Waals surface area contributed by atoms with Crippen LogP contribution in [0.3, 0.4) is 0 Å². The minimum Gasteiger partial charge on any atom is -0.331 e. The number of carbonyl (C=O) groups is 1. The number of hydrogen-bond donors (Lipinski definition) is 1. The SMILES string of the molecule is CC[n+]1c(C)n(C(N)=O)c2c(C)c(C(F)(F)F)ccc21. The Balaban J connectivity index is 2.97. The van der Waals surface area contributed by atoms with Crippen molar-refractivity contribution in [1.82, 2.24) is 4.57 Å². The van der Waals surface area contributed by atoms with Gasteiger partial charge in [-0.1, -0.05) is 0 Å². The maximum absolute atomic E-state index is 13.0. The Kier molecular flexibility index (Phi) is 3.23. The molecule has 108 valence electrons. The van der Waals surface area contributed by atoms with Gasteiger partial charge in [-0.25, -0.2) is 9.36 Å². The Morgan fingerprint density at radius 3 is 2.40 bits per heavy atom. The Bertz CT molecular complexity index is 701. The first-order chi connectivity index (χ1) is 9.20. The molecule has 0 aliphatic carbocycles. The molecule has 1 amide bonds. The van der Waals surface area contributed by atoms with E-state index in [2.05, 4.69) is 0 Å². The molecule has 20 heavy (non-hydrogen) atoms. The highest BCUT2D eigenvalue weighted by Crippen LogP contribution is 2.34. The number of alkyl halides is 3. The van der Waals surface area contributed by atoms with Gasteiger partial charge < -0.3 is 5.73 Å². The molecule has 0 bridgehead atoms. The van der Waals surface area contributed by atoms with Crippen LogP contribution in [-0.2, 0) is 12.7 Å². The van der Waals surface area contributed by atoms with Crippen LogP contribution in [0.15, 0.2) is 12.1 Å². The standard InChI is InChI=1S/C13H14F3N3O/c1-4-18-8(3)19(12(17)20)11-7(2)9(13(14,15)16)5-6-10(11)18/h5-6H,4H2,1-3H3,(H-,17,20)/p+1. The third-order valence-electron chi connectivity index (χ3n) is 3.48. The third kappa shape index (κ3) is 1.93. The summed E-state index contributed by atoms with van der Waals surface area (Å²) in [4.78, 5) is 11.6. The summed E-state index contributed by atoms with van der Waals surface area (Å²) >= 11 is 0. The normalized spacial score (nSPS) is 12.1. The second-order valence-corrected chi connectivity index (χ2v) is 4.57. The first-order valence-electron chi connectivity index (χ1n) is 6.11. The van der Waals surface area contributed by atoms with Gasteiger partial charge in [0.05, 0.1) is 12.1 Å². The lowest BCUT2D eigenvalue weighted by atomic mass is 10.1. The number of aromatic nitrogens is 2. The van der Waals surface area contributed by atoms with E-state index in [1.807, 2.05) is 6.92 Å². The van der Waals surface area contributed by atoms with E-state index in [-0.39, 0.29) is 11.1 Å². The maximum atomic E-state index is 13.0. The summed E-state index contributed by atoms with van der Waals surface area (Å²) in [5, 5.41) is 0. The fourth-order valence-corrected chi connectivity index (χ4v) is 2.62. The lowest BCUT2D eigenvalue weighted by molar-refractivity contribution is -0.674. The Morgan fingerprint density at radius 2 is 1.95 bits per heavy atom. The zero-order valence-corrected chi connectivity index (χ0v) is 11.4. The molecule has 0 saturated heterocycles. The number of halogens is 3. The quantitative estimate of drug-likeness (QED) is 0.805. The summed E-state index contributed by atoms with van der Waals surface area (Å²) < 4.78 is 41.8. The van der Waals surface area contributed by atoms with E-state index < -0.39 is 17.8 Å². The van der Waals surface area contributed by atoms with Crippen molar-refractivity contribution in [1.29, 1.82) is 0 Å². The molecule has 7 heteroatoms. The summed E-state index contributed by atoms with van der Waals surface area (Å²) in [5.41, 5.74) is 5.33. The summed E-state index contributed by atoms with van der Waals surface area (Å²) in [6.07, 6.45) is -4.46. The monoisotopic (exact) mass is 286 g/mol. The van der Waals surface area contributed by atoms with Crippen molar-refractivity contribution in [2.24, 2.45) is 5.73 Å². The van der Waals surface area contributed by atoms with Crippen LogP contribution in [0.2, 0.25) is 0 Å². The molecule has 0 unspecified atom stereocenters. The molecule has 0 atom stereocenters. The van der Waals surface area contributed by atoms with Gasteiger partial charge in [0.1, 0.15) is 0 Å². The molecule has 2 N–H and O–H groups in total. The van der Waals surface area contributed by atoms with Crippen LogP contribution < -0.4 is 10.3 Å². The molecular weight excluding hydrogens is 271 g/mol. The first kappa shape index (κ1) is 14.4. The fourth-order valence-electron chi connectivity index (χ4n) is 2.62. The zero-order valence-electron chi connectivity index (χ0n) is 11.4. The van der Waals surface area contributed by atoms with E-state index in [4.69, 9.17) is 5.73 Å². The average molecular weight is 286 g/mol. The largest absolute Gasteiger partial charge is 0.416 e. The van der Waals surface area contributed by atoms with Crippen LogP contribution >= 0.6 is 0 Å². The predicted octanol–water partition coefficient (Wildman–Crippen LogP) is 2.51. The minimum absolute atomic E-state index is 0.00380. The topological polar surface area (TPSA) is 51.9 Å². The van der Waals surface area contributed by atoms with Gasteiger partial charge in [0.15, 0.2) is 11.0 Å². The van der Waals surface area contributed by atoms with Gasteiger partial charge in [-0.15, -0.1) is 4.57 Å².